The van der Waals surface area contributed by atoms with E-state index in [1.807, 2.05) is 79.9 Å². The summed E-state index contributed by atoms with van der Waals surface area (Å²) in [5.74, 6) is 1.27. The first kappa shape index (κ1) is 31.1. The summed E-state index contributed by atoms with van der Waals surface area (Å²) in [5, 5.41) is 7.66. The monoisotopic (exact) mass is 645 g/mol. The first-order chi connectivity index (χ1) is 21.4. The number of hydrazone groups is 1. The standard InChI is InChI=1S/C34H29Cl2N3O4S/c1-3-41-32-17-24(9-14-31(32)42-19-23-7-5-4-6-8-23)20-43-33-28(35)15-25(16-29(33)36)18-37-39-34(40)27-12-10-26(11-13-27)30-21-44-22(2)38-30/h4-18,21H,3,19-20H2,1-2H3,(H,39,40)/b37-18+. The summed E-state index contributed by atoms with van der Waals surface area (Å²) >= 11 is 14.6. The number of aryl methyl sites for hydroxylation is 1. The summed E-state index contributed by atoms with van der Waals surface area (Å²) in [5.41, 5.74) is 7.35. The number of carbonyl (C=O) groups is 1. The predicted molar refractivity (Wildman–Crippen MR) is 177 cm³/mol. The lowest BCUT2D eigenvalue weighted by molar-refractivity contribution is 0.0955. The Hall–Kier alpha value is -4.37. The topological polar surface area (TPSA) is 82.0 Å². The summed E-state index contributed by atoms with van der Waals surface area (Å²) in [6.07, 6.45) is 1.47. The molecule has 10 heteroatoms. The molecule has 0 saturated carbocycles. The first-order valence-corrected chi connectivity index (χ1v) is 15.4. The lowest BCUT2D eigenvalue weighted by atomic mass is 10.1. The van der Waals surface area contributed by atoms with Crippen molar-refractivity contribution in [3.05, 3.63) is 128 Å². The zero-order valence-corrected chi connectivity index (χ0v) is 26.4. The summed E-state index contributed by atoms with van der Waals surface area (Å²) in [6, 6.07) is 26.1. The average Bonchev–Trinajstić information content (AvgIpc) is 3.47. The van der Waals surface area contributed by atoms with E-state index in [4.69, 9.17) is 37.4 Å². The Balaban J connectivity index is 1.18. The molecule has 0 aliphatic rings. The average molecular weight is 647 g/mol. The summed E-state index contributed by atoms with van der Waals surface area (Å²) in [7, 11) is 0. The molecule has 44 heavy (non-hydrogen) atoms. The minimum Gasteiger partial charge on any atom is -0.490 e. The molecule has 1 amide bonds. The van der Waals surface area contributed by atoms with Crippen LogP contribution in [0.3, 0.4) is 0 Å². The smallest absolute Gasteiger partial charge is 0.271 e. The van der Waals surface area contributed by atoms with Crippen molar-refractivity contribution in [1.29, 1.82) is 0 Å². The number of ether oxygens (including phenoxy) is 3. The number of amides is 1. The molecule has 4 aromatic carbocycles. The van der Waals surface area contributed by atoms with E-state index in [0.29, 0.717) is 51.6 Å². The molecular weight excluding hydrogens is 617 g/mol. The minimum absolute atomic E-state index is 0.211. The zero-order valence-electron chi connectivity index (χ0n) is 24.1. The SMILES string of the molecule is CCOc1cc(COc2c(Cl)cc(/C=N/NC(=O)c3ccc(-c4csc(C)n4)cc3)cc2Cl)ccc1OCc1ccccc1. The highest BCUT2D eigenvalue weighted by molar-refractivity contribution is 7.09. The molecule has 0 bridgehead atoms. The fraction of sp³-hybridized carbons (Fsp3) is 0.147. The maximum Gasteiger partial charge on any atom is 0.271 e. The Morgan fingerprint density at radius 2 is 1.61 bits per heavy atom. The number of nitrogens with one attached hydrogen (secondary N) is 1. The van der Waals surface area contributed by atoms with Crippen LogP contribution >= 0.6 is 34.5 Å². The van der Waals surface area contributed by atoms with E-state index in [9.17, 15) is 4.79 Å². The number of hydrogen-bond donors (Lipinski definition) is 1. The number of carbonyl (C=O) groups excluding carboxylic acids is 1. The van der Waals surface area contributed by atoms with Crippen LogP contribution in [0.1, 0.15) is 39.0 Å². The van der Waals surface area contributed by atoms with E-state index in [-0.39, 0.29) is 12.5 Å². The van der Waals surface area contributed by atoms with Gasteiger partial charge < -0.3 is 14.2 Å². The van der Waals surface area contributed by atoms with Crippen molar-refractivity contribution in [2.45, 2.75) is 27.1 Å². The molecule has 0 saturated heterocycles. The zero-order chi connectivity index (χ0) is 30.9. The Bertz CT molecular complexity index is 1740. The van der Waals surface area contributed by atoms with Gasteiger partial charge in [0.1, 0.15) is 13.2 Å². The molecule has 0 aliphatic heterocycles. The van der Waals surface area contributed by atoms with Gasteiger partial charge in [-0.3, -0.25) is 4.79 Å². The van der Waals surface area contributed by atoms with Crippen LogP contribution in [-0.4, -0.2) is 23.7 Å². The van der Waals surface area contributed by atoms with Gasteiger partial charge in [-0.05, 0) is 66.9 Å². The quantitative estimate of drug-likeness (QED) is 0.108. The van der Waals surface area contributed by atoms with E-state index in [1.165, 1.54) is 6.21 Å². The molecule has 0 fully saturated rings. The molecule has 0 spiro atoms. The van der Waals surface area contributed by atoms with Gasteiger partial charge in [-0.1, -0.05) is 71.7 Å². The molecule has 1 N–H and O–H groups in total. The largest absolute Gasteiger partial charge is 0.490 e. The van der Waals surface area contributed by atoms with E-state index < -0.39 is 0 Å². The summed E-state index contributed by atoms with van der Waals surface area (Å²) in [4.78, 5) is 17.0. The Morgan fingerprint density at radius 3 is 2.30 bits per heavy atom. The Morgan fingerprint density at radius 1 is 0.886 bits per heavy atom. The van der Waals surface area contributed by atoms with Crippen molar-refractivity contribution in [2.24, 2.45) is 5.10 Å². The highest BCUT2D eigenvalue weighted by Crippen LogP contribution is 2.35. The highest BCUT2D eigenvalue weighted by atomic mass is 35.5. The first-order valence-electron chi connectivity index (χ1n) is 13.8. The Kier molecular flexibility index (Phi) is 10.5. The van der Waals surface area contributed by atoms with E-state index in [0.717, 1.165) is 27.4 Å². The van der Waals surface area contributed by atoms with Crippen LogP contribution in [-0.2, 0) is 13.2 Å². The third-order valence-corrected chi connectivity index (χ3v) is 7.73. The summed E-state index contributed by atoms with van der Waals surface area (Å²) in [6.45, 7) is 5.01. The van der Waals surface area contributed by atoms with Crippen LogP contribution in [0.5, 0.6) is 17.2 Å². The molecule has 5 rings (SSSR count). The molecule has 7 nitrogen and oxygen atoms in total. The highest BCUT2D eigenvalue weighted by Gasteiger charge is 2.13. The predicted octanol–water partition coefficient (Wildman–Crippen LogP) is 8.75. The number of aromatic nitrogens is 1. The van der Waals surface area contributed by atoms with E-state index in [1.54, 1.807) is 35.6 Å². The number of nitrogens with zero attached hydrogens (tertiary/aromatic N) is 2. The fourth-order valence-corrected chi connectivity index (χ4v) is 5.47. The second kappa shape index (κ2) is 14.9. The van der Waals surface area contributed by atoms with Gasteiger partial charge in [-0.15, -0.1) is 11.3 Å². The Labute approximate surface area is 270 Å². The van der Waals surface area contributed by atoms with E-state index >= 15 is 0 Å². The van der Waals surface area contributed by atoms with Crippen LogP contribution in [0.15, 0.2) is 95.4 Å². The number of rotatable bonds is 12. The molecule has 0 radical (unpaired) electrons. The van der Waals surface area contributed by atoms with Crippen LogP contribution in [0.25, 0.3) is 11.3 Å². The van der Waals surface area contributed by atoms with Gasteiger partial charge in [-0.2, -0.15) is 5.10 Å². The van der Waals surface area contributed by atoms with Crippen LogP contribution in [0.4, 0.5) is 0 Å². The molecular formula is C34H29Cl2N3O4S. The number of hydrogen-bond acceptors (Lipinski definition) is 7. The molecule has 0 atom stereocenters. The van der Waals surface area contributed by atoms with Gasteiger partial charge in [0.25, 0.3) is 5.91 Å². The third-order valence-electron chi connectivity index (χ3n) is 6.39. The van der Waals surface area contributed by atoms with Gasteiger partial charge in [0.15, 0.2) is 17.2 Å². The summed E-state index contributed by atoms with van der Waals surface area (Å²) < 4.78 is 17.8. The van der Waals surface area contributed by atoms with Crippen molar-refractivity contribution in [3.63, 3.8) is 0 Å². The van der Waals surface area contributed by atoms with Gasteiger partial charge >= 0.3 is 0 Å². The third kappa shape index (κ3) is 8.17. The van der Waals surface area contributed by atoms with Crippen molar-refractivity contribution in [1.82, 2.24) is 10.4 Å². The number of thiazole rings is 1. The maximum atomic E-state index is 12.6. The van der Waals surface area contributed by atoms with Crippen LogP contribution in [0.2, 0.25) is 10.0 Å². The second-order valence-corrected chi connectivity index (χ2v) is 11.5. The van der Waals surface area contributed by atoms with Gasteiger partial charge in [0.05, 0.1) is 33.6 Å². The number of halogens is 2. The lowest BCUT2D eigenvalue weighted by Crippen LogP contribution is -2.17. The van der Waals surface area contributed by atoms with Crippen LogP contribution < -0.4 is 19.6 Å². The molecule has 1 aromatic heterocycles. The number of benzene rings is 4. The molecule has 0 unspecified atom stereocenters. The van der Waals surface area contributed by atoms with Crippen molar-refractivity contribution < 1.29 is 19.0 Å². The van der Waals surface area contributed by atoms with Crippen LogP contribution in [0, 0.1) is 6.92 Å². The normalized spacial score (nSPS) is 11.0. The van der Waals surface area contributed by atoms with E-state index in [2.05, 4.69) is 15.5 Å². The van der Waals surface area contributed by atoms with Crippen molar-refractivity contribution in [2.75, 3.05) is 6.61 Å². The van der Waals surface area contributed by atoms with Gasteiger partial charge in [0, 0.05) is 16.5 Å². The second-order valence-electron chi connectivity index (χ2n) is 9.62. The molecule has 1 heterocycles. The van der Waals surface area contributed by atoms with Gasteiger partial charge in [-0.25, -0.2) is 10.4 Å². The fourth-order valence-electron chi connectivity index (χ4n) is 4.23. The minimum atomic E-state index is -0.345. The molecule has 5 aromatic rings. The molecule has 0 aliphatic carbocycles. The van der Waals surface area contributed by atoms with Crippen molar-refractivity contribution >= 4 is 46.7 Å². The maximum absolute atomic E-state index is 12.6. The van der Waals surface area contributed by atoms with Crippen molar-refractivity contribution in [3.8, 4) is 28.5 Å². The molecule has 224 valence electrons. The van der Waals surface area contributed by atoms with Gasteiger partial charge in [0.2, 0.25) is 0 Å². The lowest BCUT2D eigenvalue weighted by Gasteiger charge is -2.15.